The second-order valence-electron chi connectivity index (χ2n) is 1.92. The van der Waals surface area contributed by atoms with Crippen molar-refractivity contribution in [2.24, 2.45) is 0 Å². The van der Waals surface area contributed by atoms with Gasteiger partial charge in [0, 0.05) is 0 Å². The normalized spacial score (nSPS) is 20.4. The number of hydrogen-bond donors (Lipinski definition) is 0. The molecule has 0 amide bonds. The Hall–Kier alpha value is -0.610. The van der Waals surface area contributed by atoms with Gasteiger partial charge >= 0.3 is 6.47 Å². The molecule has 0 aromatic heterocycles. The molecule has 0 aromatic rings. The highest BCUT2D eigenvalue weighted by Crippen LogP contribution is 2.03. The third kappa shape index (κ3) is 2.33. The highest BCUT2D eigenvalue weighted by Gasteiger charge is 2.13. The number of ether oxygens (including phenoxy) is 3. The lowest BCUT2D eigenvalue weighted by molar-refractivity contribution is -0.192. The summed E-state index contributed by atoms with van der Waals surface area (Å²) in [6.45, 7) is 2.79. The van der Waals surface area contributed by atoms with E-state index in [0.717, 1.165) is 6.42 Å². The molecule has 0 aromatic carbocycles. The quantitative estimate of drug-likeness (QED) is 0.553. The summed E-state index contributed by atoms with van der Waals surface area (Å²) >= 11 is 0. The van der Waals surface area contributed by atoms with E-state index in [1.54, 1.807) is 0 Å². The Balaban J connectivity index is 2.07. The number of rotatable bonds is 3. The summed E-state index contributed by atoms with van der Waals surface area (Å²) in [7, 11) is 0. The average Bonchev–Trinajstić information content (AvgIpc) is 2.03. The Morgan fingerprint density at radius 3 is 2.80 bits per heavy atom. The van der Waals surface area contributed by atoms with Crippen LogP contribution >= 0.6 is 0 Å². The summed E-state index contributed by atoms with van der Waals surface area (Å²) in [6, 6.07) is 0. The van der Waals surface area contributed by atoms with Crippen LogP contribution in [-0.2, 0) is 19.0 Å². The maximum absolute atomic E-state index is 9.59. The highest BCUT2D eigenvalue weighted by molar-refractivity contribution is 5.38. The average molecular weight is 145 g/mol. The molecule has 1 rings (SSSR count). The smallest absolute Gasteiger partial charge is 0.417 e. The molecule has 0 atom stereocenters. The maximum atomic E-state index is 9.59. The van der Waals surface area contributed by atoms with Crippen molar-refractivity contribution in [2.75, 3.05) is 19.8 Å². The van der Waals surface area contributed by atoms with E-state index in [4.69, 9.17) is 9.47 Å². The molecule has 0 aliphatic carbocycles. The molecule has 1 radical (unpaired) electrons. The Kier molecular flexibility index (Phi) is 3.18. The van der Waals surface area contributed by atoms with Crippen molar-refractivity contribution in [2.45, 2.75) is 12.7 Å². The largest absolute Gasteiger partial charge is 0.452 e. The van der Waals surface area contributed by atoms with Crippen LogP contribution in [0.4, 0.5) is 0 Å². The molecule has 4 heteroatoms. The predicted octanol–water partition coefficient (Wildman–Crippen LogP) is -0.167. The second kappa shape index (κ2) is 4.24. The SMILES string of the molecule is O=[C]OCC1OCCCO1. The fourth-order valence-corrected chi connectivity index (χ4v) is 0.735. The zero-order chi connectivity index (χ0) is 7.23. The van der Waals surface area contributed by atoms with Crippen LogP contribution in [0, 0.1) is 0 Å². The molecule has 0 saturated carbocycles. The molecule has 4 nitrogen and oxygen atoms in total. The summed E-state index contributed by atoms with van der Waals surface area (Å²) in [5.74, 6) is 0. The monoisotopic (exact) mass is 145 g/mol. The van der Waals surface area contributed by atoms with Crippen molar-refractivity contribution in [1.29, 1.82) is 0 Å². The maximum Gasteiger partial charge on any atom is 0.417 e. The van der Waals surface area contributed by atoms with Crippen molar-refractivity contribution in [3.05, 3.63) is 0 Å². The van der Waals surface area contributed by atoms with Crippen molar-refractivity contribution < 1.29 is 19.0 Å². The van der Waals surface area contributed by atoms with Crippen molar-refractivity contribution in [1.82, 2.24) is 0 Å². The predicted molar refractivity (Wildman–Crippen MR) is 32.0 cm³/mol. The molecule has 0 unspecified atom stereocenters. The fraction of sp³-hybridized carbons (Fsp3) is 0.833. The molecule has 10 heavy (non-hydrogen) atoms. The van der Waals surface area contributed by atoms with Crippen LogP contribution in [0.25, 0.3) is 0 Å². The van der Waals surface area contributed by atoms with Crippen LogP contribution in [0.5, 0.6) is 0 Å². The van der Waals surface area contributed by atoms with E-state index in [-0.39, 0.29) is 12.9 Å². The standard InChI is InChI=1S/C6H9O4/c7-5-8-4-6-9-2-1-3-10-6/h6H,1-4H2. The Morgan fingerprint density at radius 2 is 2.20 bits per heavy atom. The molecule has 0 spiro atoms. The minimum atomic E-state index is -0.379. The third-order valence-corrected chi connectivity index (χ3v) is 1.17. The van der Waals surface area contributed by atoms with Gasteiger partial charge in [-0.15, -0.1) is 0 Å². The van der Waals surface area contributed by atoms with Gasteiger partial charge in [-0.05, 0) is 6.42 Å². The fourth-order valence-electron chi connectivity index (χ4n) is 0.735. The first-order valence-corrected chi connectivity index (χ1v) is 3.15. The van der Waals surface area contributed by atoms with Crippen molar-refractivity contribution in [3.8, 4) is 0 Å². The van der Waals surface area contributed by atoms with Gasteiger partial charge in [0.2, 0.25) is 0 Å². The van der Waals surface area contributed by atoms with Gasteiger partial charge in [0.15, 0.2) is 6.29 Å². The topological polar surface area (TPSA) is 44.8 Å². The van der Waals surface area contributed by atoms with E-state index in [1.807, 2.05) is 0 Å². The molecule has 1 aliphatic rings. The highest BCUT2D eigenvalue weighted by atomic mass is 16.7. The summed E-state index contributed by atoms with van der Waals surface area (Å²) in [4.78, 5) is 9.59. The molecule has 0 N–H and O–H groups in total. The van der Waals surface area contributed by atoms with Gasteiger partial charge in [-0.3, -0.25) is 0 Å². The van der Waals surface area contributed by atoms with Gasteiger partial charge < -0.3 is 14.2 Å². The van der Waals surface area contributed by atoms with Gasteiger partial charge in [-0.2, -0.15) is 0 Å². The molecule has 1 saturated heterocycles. The summed E-state index contributed by atoms with van der Waals surface area (Å²) in [5, 5.41) is 0. The van der Waals surface area contributed by atoms with Crippen LogP contribution in [0.15, 0.2) is 0 Å². The first-order chi connectivity index (χ1) is 4.93. The van der Waals surface area contributed by atoms with E-state index in [0.29, 0.717) is 13.2 Å². The molecule has 0 bridgehead atoms. The number of carbonyl (C=O) groups excluding carboxylic acids is 1. The zero-order valence-electron chi connectivity index (χ0n) is 5.54. The summed E-state index contributed by atoms with van der Waals surface area (Å²) in [5.41, 5.74) is 0. The Labute approximate surface area is 59.1 Å². The lowest BCUT2D eigenvalue weighted by atomic mass is 10.4. The van der Waals surface area contributed by atoms with Gasteiger partial charge in [0.05, 0.1) is 13.2 Å². The van der Waals surface area contributed by atoms with E-state index in [1.165, 1.54) is 6.47 Å². The van der Waals surface area contributed by atoms with E-state index < -0.39 is 0 Å². The zero-order valence-corrected chi connectivity index (χ0v) is 5.54. The first kappa shape index (κ1) is 7.50. The van der Waals surface area contributed by atoms with Gasteiger partial charge in [0.25, 0.3) is 0 Å². The van der Waals surface area contributed by atoms with E-state index >= 15 is 0 Å². The Morgan fingerprint density at radius 1 is 1.50 bits per heavy atom. The van der Waals surface area contributed by atoms with Gasteiger partial charge in [-0.1, -0.05) is 0 Å². The molecule has 1 fully saturated rings. The molecule has 1 aliphatic heterocycles. The molecule has 57 valence electrons. The van der Waals surface area contributed by atoms with Crippen LogP contribution < -0.4 is 0 Å². The molecular weight excluding hydrogens is 136 g/mol. The van der Waals surface area contributed by atoms with Gasteiger partial charge in [0.1, 0.15) is 6.61 Å². The minimum absolute atomic E-state index is 0.142. The van der Waals surface area contributed by atoms with Crippen LogP contribution in [0.2, 0.25) is 0 Å². The molecule has 1 heterocycles. The third-order valence-electron chi connectivity index (χ3n) is 1.17. The summed E-state index contributed by atoms with van der Waals surface area (Å²) < 4.78 is 14.4. The van der Waals surface area contributed by atoms with Crippen LogP contribution in [0.1, 0.15) is 6.42 Å². The van der Waals surface area contributed by atoms with Gasteiger partial charge in [-0.25, -0.2) is 4.79 Å². The lowest BCUT2D eigenvalue weighted by Crippen LogP contribution is -2.28. The lowest BCUT2D eigenvalue weighted by Gasteiger charge is -2.21. The van der Waals surface area contributed by atoms with E-state index in [2.05, 4.69) is 4.74 Å². The second-order valence-corrected chi connectivity index (χ2v) is 1.92. The minimum Gasteiger partial charge on any atom is -0.452 e. The first-order valence-electron chi connectivity index (χ1n) is 3.15. The molecular formula is C6H9O4. The Bertz CT molecular complexity index is 97.9. The van der Waals surface area contributed by atoms with Crippen LogP contribution in [0.3, 0.4) is 0 Å². The summed E-state index contributed by atoms with van der Waals surface area (Å²) in [6.07, 6.45) is 0.525. The van der Waals surface area contributed by atoms with Crippen molar-refractivity contribution >= 4 is 6.47 Å². The van der Waals surface area contributed by atoms with Crippen molar-refractivity contribution in [3.63, 3.8) is 0 Å². The van der Waals surface area contributed by atoms with E-state index in [9.17, 15) is 4.79 Å². The van der Waals surface area contributed by atoms with Crippen LogP contribution in [-0.4, -0.2) is 32.6 Å². The number of hydrogen-bond acceptors (Lipinski definition) is 4.